The van der Waals surface area contributed by atoms with E-state index in [9.17, 15) is 17.6 Å². The molecule has 0 heterocycles. The number of alkyl halides is 4. The highest BCUT2D eigenvalue weighted by Gasteiger charge is 2.31. The van der Waals surface area contributed by atoms with E-state index in [1.54, 1.807) is 0 Å². The number of aliphatic hydroxyl groups excluding tert-OH is 1. The maximum absolute atomic E-state index is 11.7. The van der Waals surface area contributed by atoms with Crippen LogP contribution in [0, 0.1) is 0 Å². The second kappa shape index (κ2) is 3.00. The monoisotopic (exact) mass is 146 g/mol. The molecule has 0 aliphatic carbocycles. The van der Waals surface area contributed by atoms with Gasteiger partial charge in [0.1, 0.15) is 6.17 Å². The van der Waals surface area contributed by atoms with Gasteiger partial charge in [0.05, 0.1) is 13.0 Å². The van der Waals surface area contributed by atoms with Gasteiger partial charge in [-0.2, -0.15) is 13.2 Å². The summed E-state index contributed by atoms with van der Waals surface area (Å²) >= 11 is 0. The van der Waals surface area contributed by atoms with Crippen molar-refractivity contribution in [3.63, 3.8) is 0 Å². The standard InChI is InChI=1S/C4H6F4O/c5-3(2-9)1-4(6,7)8/h3,9H,1-2H2/t3-/m1/s1. The minimum atomic E-state index is -4.51. The Balaban J connectivity index is 3.47. The summed E-state index contributed by atoms with van der Waals surface area (Å²) < 4.78 is 45.1. The summed E-state index contributed by atoms with van der Waals surface area (Å²) in [5, 5.41) is 7.82. The van der Waals surface area contributed by atoms with E-state index in [0.29, 0.717) is 0 Å². The van der Waals surface area contributed by atoms with E-state index in [0.717, 1.165) is 0 Å². The first kappa shape index (κ1) is 8.68. The summed E-state index contributed by atoms with van der Waals surface area (Å²) in [4.78, 5) is 0. The summed E-state index contributed by atoms with van der Waals surface area (Å²) in [6.45, 7) is -1.07. The molecule has 0 aromatic rings. The van der Waals surface area contributed by atoms with Crippen LogP contribution in [0.25, 0.3) is 0 Å². The van der Waals surface area contributed by atoms with Crippen LogP contribution in [-0.2, 0) is 0 Å². The number of halogens is 4. The van der Waals surface area contributed by atoms with Crippen LogP contribution in [0.3, 0.4) is 0 Å². The maximum Gasteiger partial charge on any atom is 0.391 e. The van der Waals surface area contributed by atoms with Crippen LogP contribution in [0.15, 0.2) is 0 Å². The predicted octanol–water partition coefficient (Wildman–Crippen LogP) is 1.27. The van der Waals surface area contributed by atoms with E-state index in [2.05, 4.69) is 0 Å². The highest BCUT2D eigenvalue weighted by molar-refractivity contribution is 4.59. The SMILES string of the molecule is OC[C@H](F)CC(F)(F)F. The number of rotatable bonds is 2. The molecule has 0 fully saturated rings. The quantitative estimate of drug-likeness (QED) is 0.581. The van der Waals surface area contributed by atoms with Crippen molar-refractivity contribution in [2.24, 2.45) is 0 Å². The summed E-state index contributed by atoms with van der Waals surface area (Å²) in [7, 11) is 0. The van der Waals surface area contributed by atoms with Gasteiger partial charge >= 0.3 is 6.18 Å². The largest absolute Gasteiger partial charge is 0.393 e. The average molecular weight is 146 g/mol. The number of hydrogen-bond donors (Lipinski definition) is 1. The molecule has 1 nitrogen and oxygen atoms in total. The van der Waals surface area contributed by atoms with Crippen LogP contribution in [0.4, 0.5) is 17.6 Å². The van der Waals surface area contributed by atoms with Gasteiger partial charge in [-0.15, -0.1) is 0 Å². The molecule has 0 unspecified atom stereocenters. The van der Waals surface area contributed by atoms with Crippen molar-refractivity contribution in [1.82, 2.24) is 0 Å². The molecule has 0 bridgehead atoms. The van der Waals surface area contributed by atoms with Gasteiger partial charge in [-0.05, 0) is 0 Å². The molecule has 0 aliphatic heterocycles. The zero-order valence-electron chi connectivity index (χ0n) is 4.45. The van der Waals surface area contributed by atoms with E-state index < -0.39 is 25.4 Å². The topological polar surface area (TPSA) is 20.2 Å². The number of hydrogen-bond acceptors (Lipinski definition) is 1. The van der Waals surface area contributed by atoms with Gasteiger partial charge in [-0.25, -0.2) is 4.39 Å². The van der Waals surface area contributed by atoms with Crippen LogP contribution in [0.1, 0.15) is 6.42 Å². The lowest BCUT2D eigenvalue weighted by atomic mass is 10.3. The fraction of sp³-hybridized carbons (Fsp3) is 1.00. The molecule has 1 N–H and O–H groups in total. The molecular weight excluding hydrogens is 140 g/mol. The van der Waals surface area contributed by atoms with Crippen LogP contribution in [0.5, 0.6) is 0 Å². The Morgan fingerprint density at radius 1 is 1.33 bits per heavy atom. The Bertz CT molecular complexity index is 79.1. The Labute approximate surface area is 49.3 Å². The molecule has 0 aromatic carbocycles. The van der Waals surface area contributed by atoms with Gasteiger partial charge in [0.2, 0.25) is 0 Å². The molecule has 0 radical (unpaired) electrons. The Morgan fingerprint density at radius 3 is 1.89 bits per heavy atom. The lowest BCUT2D eigenvalue weighted by Crippen LogP contribution is -2.18. The molecule has 9 heavy (non-hydrogen) atoms. The van der Waals surface area contributed by atoms with Crippen LogP contribution in [-0.4, -0.2) is 24.1 Å². The van der Waals surface area contributed by atoms with Gasteiger partial charge in [-0.1, -0.05) is 0 Å². The average Bonchev–Trinajstić information content (AvgIpc) is 1.62. The lowest BCUT2D eigenvalue weighted by molar-refractivity contribution is -0.149. The molecule has 0 saturated carbocycles. The first-order valence-corrected chi connectivity index (χ1v) is 2.27. The van der Waals surface area contributed by atoms with Gasteiger partial charge < -0.3 is 5.11 Å². The van der Waals surface area contributed by atoms with E-state index in [-0.39, 0.29) is 0 Å². The molecule has 1 atom stereocenters. The maximum atomic E-state index is 11.7. The van der Waals surface area contributed by atoms with E-state index in [1.165, 1.54) is 0 Å². The van der Waals surface area contributed by atoms with Crippen molar-refractivity contribution in [3.8, 4) is 0 Å². The van der Waals surface area contributed by atoms with Crippen molar-refractivity contribution in [1.29, 1.82) is 0 Å². The second-order valence-electron chi connectivity index (χ2n) is 1.60. The molecule has 0 saturated heterocycles. The Morgan fingerprint density at radius 2 is 1.78 bits per heavy atom. The van der Waals surface area contributed by atoms with E-state index >= 15 is 0 Å². The third-order valence-corrected chi connectivity index (χ3v) is 0.651. The zero-order valence-corrected chi connectivity index (χ0v) is 4.45. The van der Waals surface area contributed by atoms with Gasteiger partial charge in [0.15, 0.2) is 0 Å². The third-order valence-electron chi connectivity index (χ3n) is 0.651. The molecule has 0 amide bonds. The molecule has 0 aromatic heterocycles. The molecule has 56 valence electrons. The van der Waals surface area contributed by atoms with Gasteiger partial charge in [0, 0.05) is 0 Å². The first-order chi connectivity index (χ1) is 3.95. The third kappa shape index (κ3) is 5.55. The first-order valence-electron chi connectivity index (χ1n) is 2.27. The molecule has 0 spiro atoms. The molecule has 5 heteroatoms. The fourth-order valence-electron chi connectivity index (χ4n) is 0.316. The molecular formula is C4H6F4O. The minimum absolute atomic E-state index is 1.07. The van der Waals surface area contributed by atoms with Gasteiger partial charge in [0.25, 0.3) is 0 Å². The predicted molar refractivity (Wildman–Crippen MR) is 22.7 cm³/mol. The van der Waals surface area contributed by atoms with Crippen LogP contribution in [0.2, 0.25) is 0 Å². The van der Waals surface area contributed by atoms with Crippen molar-refractivity contribution < 1.29 is 22.7 Å². The van der Waals surface area contributed by atoms with Crippen molar-refractivity contribution >= 4 is 0 Å². The fourth-order valence-corrected chi connectivity index (χ4v) is 0.316. The highest BCUT2D eigenvalue weighted by Crippen LogP contribution is 2.22. The van der Waals surface area contributed by atoms with Crippen molar-refractivity contribution in [3.05, 3.63) is 0 Å². The van der Waals surface area contributed by atoms with Crippen molar-refractivity contribution in [2.45, 2.75) is 18.8 Å². The molecule has 0 aliphatic rings. The number of aliphatic hydroxyl groups is 1. The minimum Gasteiger partial charge on any atom is -0.393 e. The Hall–Kier alpha value is -0.320. The summed E-state index contributed by atoms with van der Waals surface area (Å²) in [6, 6.07) is 0. The molecule has 0 rings (SSSR count). The summed E-state index contributed by atoms with van der Waals surface area (Å²) in [5.74, 6) is 0. The second-order valence-corrected chi connectivity index (χ2v) is 1.60. The van der Waals surface area contributed by atoms with E-state index in [4.69, 9.17) is 5.11 Å². The van der Waals surface area contributed by atoms with Crippen molar-refractivity contribution in [2.75, 3.05) is 6.61 Å². The normalized spacial score (nSPS) is 15.7. The summed E-state index contributed by atoms with van der Waals surface area (Å²) in [6.07, 6.45) is -8.25. The van der Waals surface area contributed by atoms with Crippen LogP contribution >= 0.6 is 0 Å². The Kier molecular flexibility index (Phi) is 2.90. The smallest absolute Gasteiger partial charge is 0.391 e. The van der Waals surface area contributed by atoms with Crippen LogP contribution < -0.4 is 0 Å². The summed E-state index contributed by atoms with van der Waals surface area (Å²) in [5.41, 5.74) is 0. The van der Waals surface area contributed by atoms with E-state index in [1.807, 2.05) is 0 Å². The zero-order chi connectivity index (χ0) is 7.49. The lowest BCUT2D eigenvalue weighted by Gasteiger charge is -2.06. The van der Waals surface area contributed by atoms with Gasteiger partial charge in [-0.3, -0.25) is 0 Å². The highest BCUT2D eigenvalue weighted by atomic mass is 19.4.